The summed E-state index contributed by atoms with van der Waals surface area (Å²) in [6, 6.07) is 0.660. The van der Waals surface area contributed by atoms with Gasteiger partial charge in [0.2, 0.25) is 0 Å². The molecule has 11 heavy (non-hydrogen) atoms. The third-order valence-corrected chi connectivity index (χ3v) is 4.41. The van der Waals surface area contributed by atoms with Crippen LogP contribution in [0.1, 0.15) is 6.42 Å². The van der Waals surface area contributed by atoms with Crippen LogP contribution in [0.3, 0.4) is 0 Å². The molecule has 0 aromatic heterocycles. The molecule has 0 saturated carbocycles. The van der Waals surface area contributed by atoms with Crippen molar-refractivity contribution in [3.05, 3.63) is 0 Å². The molecule has 68 valence electrons. The highest BCUT2D eigenvalue weighted by Crippen LogP contribution is 2.13. The summed E-state index contributed by atoms with van der Waals surface area (Å²) in [5, 5.41) is 8.57. The van der Waals surface area contributed by atoms with Crippen LogP contribution in [0.5, 0.6) is 0 Å². The zero-order valence-corrected chi connectivity index (χ0v) is 8.29. The van der Waals surface area contributed by atoms with Crippen LogP contribution in [0.25, 0.3) is 0 Å². The van der Waals surface area contributed by atoms with Gasteiger partial charge < -0.3 is 18.4 Å². The Morgan fingerprint density at radius 3 is 1.82 bits per heavy atom. The summed E-state index contributed by atoms with van der Waals surface area (Å²) in [7, 11) is 2.30. The Balaban J connectivity index is 3.84. The fraction of sp³-hybridized carbons (Fsp3) is 1.00. The molecule has 5 heteroatoms. The van der Waals surface area contributed by atoms with Crippen LogP contribution in [-0.2, 0) is 13.3 Å². The zero-order valence-electron chi connectivity index (χ0n) is 7.29. The lowest BCUT2D eigenvalue weighted by Crippen LogP contribution is -2.42. The normalized spacial score (nSPS) is 12.0. The van der Waals surface area contributed by atoms with Crippen LogP contribution < -0.4 is 0 Å². The monoisotopic (exact) mass is 180 g/mol. The first kappa shape index (κ1) is 11.1. The molecule has 0 atom stereocenters. The lowest BCUT2D eigenvalue weighted by atomic mass is 10.5. The number of hydrogen-bond donors (Lipinski definition) is 1. The molecule has 0 radical (unpaired) electrons. The van der Waals surface area contributed by atoms with E-state index in [1.165, 1.54) is 0 Å². The average molecular weight is 180 g/mol. The van der Waals surface area contributed by atoms with E-state index in [1.807, 2.05) is 0 Å². The maximum Gasteiger partial charge on any atom is 0.500 e. The van der Waals surface area contributed by atoms with Crippen LogP contribution in [0.15, 0.2) is 0 Å². The second kappa shape index (κ2) is 5.67. The maximum absolute atomic E-state index is 8.57. The second-order valence-electron chi connectivity index (χ2n) is 2.12. The summed E-state index contributed by atoms with van der Waals surface area (Å²) in [5.74, 6) is 0. The standard InChI is InChI=1S/C6H16O4Si/c1-8-11(9-2,10-3)6-4-5-7/h7H,4-6H2,1-3H3. The molecule has 0 aliphatic carbocycles. The Hall–Kier alpha value is 0.0569. The Morgan fingerprint density at radius 2 is 1.55 bits per heavy atom. The van der Waals surface area contributed by atoms with Crippen molar-refractivity contribution in [3.8, 4) is 0 Å². The number of aliphatic hydroxyl groups is 1. The topological polar surface area (TPSA) is 47.9 Å². The number of hydrogen-bond acceptors (Lipinski definition) is 4. The van der Waals surface area contributed by atoms with Gasteiger partial charge in [0.15, 0.2) is 0 Å². The quantitative estimate of drug-likeness (QED) is 0.595. The molecule has 0 spiro atoms. The minimum atomic E-state index is -2.40. The first-order valence-electron chi connectivity index (χ1n) is 3.51. The molecule has 0 fully saturated rings. The van der Waals surface area contributed by atoms with Crippen LogP contribution >= 0.6 is 0 Å². The summed E-state index contributed by atoms with van der Waals surface area (Å²) in [4.78, 5) is 0. The van der Waals surface area contributed by atoms with Crippen LogP contribution in [0.4, 0.5) is 0 Å². The fourth-order valence-corrected chi connectivity index (χ4v) is 2.56. The van der Waals surface area contributed by atoms with Gasteiger partial charge in [0.05, 0.1) is 0 Å². The van der Waals surface area contributed by atoms with E-state index < -0.39 is 8.80 Å². The molecular formula is C6H16O4Si. The first-order chi connectivity index (χ1) is 5.24. The van der Waals surface area contributed by atoms with Gasteiger partial charge in [0, 0.05) is 34.0 Å². The van der Waals surface area contributed by atoms with Crippen molar-refractivity contribution >= 4 is 8.80 Å². The van der Waals surface area contributed by atoms with Gasteiger partial charge in [-0.15, -0.1) is 0 Å². The minimum absolute atomic E-state index is 0.144. The molecule has 0 heterocycles. The van der Waals surface area contributed by atoms with Gasteiger partial charge in [0.25, 0.3) is 0 Å². The van der Waals surface area contributed by atoms with Crippen molar-refractivity contribution in [2.45, 2.75) is 12.5 Å². The van der Waals surface area contributed by atoms with E-state index in [0.29, 0.717) is 12.5 Å². The van der Waals surface area contributed by atoms with E-state index in [0.717, 1.165) is 0 Å². The van der Waals surface area contributed by atoms with Crippen LogP contribution in [0, 0.1) is 0 Å². The van der Waals surface area contributed by atoms with E-state index in [1.54, 1.807) is 21.3 Å². The van der Waals surface area contributed by atoms with E-state index >= 15 is 0 Å². The van der Waals surface area contributed by atoms with E-state index in [4.69, 9.17) is 18.4 Å². The van der Waals surface area contributed by atoms with E-state index in [9.17, 15) is 0 Å². The highest BCUT2D eigenvalue weighted by molar-refractivity contribution is 6.60. The Labute approximate surface area is 68.4 Å². The van der Waals surface area contributed by atoms with Gasteiger partial charge in [-0.25, -0.2) is 0 Å². The van der Waals surface area contributed by atoms with Gasteiger partial charge in [-0.1, -0.05) is 0 Å². The highest BCUT2D eigenvalue weighted by Gasteiger charge is 2.36. The molecule has 1 N–H and O–H groups in total. The summed E-state index contributed by atoms with van der Waals surface area (Å²) < 4.78 is 15.4. The molecule has 0 unspecified atom stereocenters. The average Bonchev–Trinajstić information content (AvgIpc) is 2.08. The maximum atomic E-state index is 8.57. The van der Waals surface area contributed by atoms with Crippen molar-refractivity contribution in [3.63, 3.8) is 0 Å². The smallest absolute Gasteiger partial charge is 0.396 e. The van der Waals surface area contributed by atoms with Crippen molar-refractivity contribution in [1.29, 1.82) is 0 Å². The predicted octanol–water partition coefficient (Wildman–Crippen LogP) is 0.247. The third kappa shape index (κ3) is 3.30. The molecular weight excluding hydrogens is 164 g/mol. The molecule has 0 saturated heterocycles. The lowest BCUT2D eigenvalue weighted by molar-refractivity contribution is 0.120. The van der Waals surface area contributed by atoms with Gasteiger partial charge in [-0.05, 0) is 6.42 Å². The molecule has 0 aliphatic heterocycles. The zero-order chi connectivity index (χ0) is 8.74. The first-order valence-corrected chi connectivity index (χ1v) is 5.44. The largest absolute Gasteiger partial charge is 0.500 e. The van der Waals surface area contributed by atoms with Gasteiger partial charge >= 0.3 is 8.80 Å². The molecule has 0 rings (SSSR count). The van der Waals surface area contributed by atoms with Crippen molar-refractivity contribution in [2.24, 2.45) is 0 Å². The minimum Gasteiger partial charge on any atom is -0.396 e. The van der Waals surface area contributed by atoms with E-state index in [-0.39, 0.29) is 6.61 Å². The second-order valence-corrected chi connectivity index (χ2v) is 5.21. The molecule has 4 nitrogen and oxygen atoms in total. The van der Waals surface area contributed by atoms with Crippen LogP contribution in [-0.4, -0.2) is 41.8 Å². The van der Waals surface area contributed by atoms with Gasteiger partial charge in [-0.3, -0.25) is 0 Å². The molecule has 0 aromatic rings. The summed E-state index contributed by atoms with van der Waals surface area (Å²) in [6.45, 7) is 0.144. The van der Waals surface area contributed by atoms with Gasteiger partial charge in [0.1, 0.15) is 0 Å². The Bertz CT molecular complexity index is 86.3. The number of aliphatic hydroxyl groups excluding tert-OH is 1. The van der Waals surface area contributed by atoms with Crippen molar-refractivity contribution < 1.29 is 18.4 Å². The summed E-state index contributed by atoms with van der Waals surface area (Å²) in [6.07, 6.45) is 0.655. The third-order valence-electron chi connectivity index (χ3n) is 1.57. The van der Waals surface area contributed by atoms with Gasteiger partial charge in [-0.2, -0.15) is 0 Å². The molecule has 0 bridgehead atoms. The molecule has 0 aromatic carbocycles. The Kier molecular flexibility index (Phi) is 5.70. The summed E-state index contributed by atoms with van der Waals surface area (Å²) in [5.41, 5.74) is 0. The number of rotatable bonds is 6. The van der Waals surface area contributed by atoms with Crippen LogP contribution in [0.2, 0.25) is 6.04 Å². The highest BCUT2D eigenvalue weighted by atomic mass is 28.4. The van der Waals surface area contributed by atoms with Crippen molar-refractivity contribution in [2.75, 3.05) is 27.9 Å². The lowest BCUT2D eigenvalue weighted by Gasteiger charge is -2.23. The SMILES string of the molecule is CO[Si](CCCO)(OC)OC. The predicted molar refractivity (Wildman–Crippen MR) is 43.3 cm³/mol. The Morgan fingerprint density at radius 1 is 1.09 bits per heavy atom. The van der Waals surface area contributed by atoms with E-state index in [2.05, 4.69) is 0 Å². The fourth-order valence-electron chi connectivity index (χ4n) is 0.852. The summed E-state index contributed by atoms with van der Waals surface area (Å²) >= 11 is 0. The molecule has 0 aliphatic rings. The van der Waals surface area contributed by atoms with Crippen molar-refractivity contribution in [1.82, 2.24) is 0 Å². The molecule has 0 amide bonds.